The first-order valence-corrected chi connectivity index (χ1v) is 9.89. The fraction of sp³-hybridized carbons (Fsp3) is 0.167. The molecule has 6 nitrogen and oxygen atoms in total. The fourth-order valence-electron chi connectivity index (χ4n) is 4.43. The maximum absolute atomic E-state index is 11.2. The van der Waals surface area contributed by atoms with E-state index in [9.17, 15) is 10.1 Å². The third-order valence-electron chi connectivity index (χ3n) is 5.89. The van der Waals surface area contributed by atoms with Crippen LogP contribution in [0.25, 0.3) is 10.9 Å². The number of non-ortho nitro benzene ring substituents is 1. The Bertz CT molecular complexity index is 1230. The van der Waals surface area contributed by atoms with Gasteiger partial charge in [0, 0.05) is 41.5 Å². The van der Waals surface area contributed by atoms with Crippen LogP contribution in [-0.4, -0.2) is 23.6 Å². The molecule has 0 saturated heterocycles. The summed E-state index contributed by atoms with van der Waals surface area (Å²) in [6, 6.07) is 21.7. The Morgan fingerprint density at radius 2 is 1.87 bits per heavy atom. The summed E-state index contributed by atoms with van der Waals surface area (Å²) in [5, 5.41) is 12.2. The van der Waals surface area contributed by atoms with E-state index in [2.05, 4.69) is 46.3 Å². The molecule has 5 rings (SSSR count). The van der Waals surface area contributed by atoms with Crippen LogP contribution in [0, 0.1) is 10.1 Å². The van der Waals surface area contributed by atoms with E-state index in [4.69, 9.17) is 4.74 Å². The Morgan fingerprint density at radius 3 is 2.63 bits per heavy atom. The zero-order valence-corrected chi connectivity index (χ0v) is 16.5. The fourth-order valence-corrected chi connectivity index (χ4v) is 4.43. The van der Waals surface area contributed by atoms with Gasteiger partial charge in [0.25, 0.3) is 5.69 Å². The maximum Gasteiger partial charge on any atom is 0.271 e. The summed E-state index contributed by atoms with van der Waals surface area (Å²) < 4.78 is 5.32. The number of benzene rings is 3. The summed E-state index contributed by atoms with van der Waals surface area (Å²) in [7, 11) is 1.67. The van der Waals surface area contributed by atoms with Gasteiger partial charge >= 0.3 is 0 Å². The lowest BCUT2D eigenvalue weighted by Gasteiger charge is -2.39. The number of nitrogens with one attached hydrogen (secondary N) is 1. The van der Waals surface area contributed by atoms with E-state index < -0.39 is 0 Å². The van der Waals surface area contributed by atoms with Gasteiger partial charge in [0.1, 0.15) is 5.75 Å². The van der Waals surface area contributed by atoms with Gasteiger partial charge in [-0.2, -0.15) is 0 Å². The third kappa shape index (κ3) is 2.97. The van der Waals surface area contributed by atoms with Crippen molar-refractivity contribution in [3.05, 3.63) is 99.7 Å². The number of nitro benzene ring substituents is 1. The van der Waals surface area contributed by atoms with Gasteiger partial charge in [-0.05, 0) is 47.9 Å². The third-order valence-corrected chi connectivity index (χ3v) is 5.89. The molecule has 1 atom stereocenters. The van der Waals surface area contributed by atoms with Crippen molar-refractivity contribution in [3.8, 4) is 5.75 Å². The van der Waals surface area contributed by atoms with E-state index in [1.165, 1.54) is 11.1 Å². The number of nitrogens with zero attached hydrogens (tertiary/aromatic N) is 2. The molecule has 150 valence electrons. The standard InChI is InChI=1S/C24H21N3O3/c1-30-19-9-6-17(7-10-19)26-13-12-16-4-2-3-5-20(16)24(26)22-15-25-23-14-18(27(28)29)8-11-21(22)23/h2-11,14-15,24-25H,12-13H2,1H3. The minimum absolute atomic E-state index is 0.0125. The van der Waals surface area contributed by atoms with Gasteiger partial charge in [-0.1, -0.05) is 24.3 Å². The molecule has 0 bridgehead atoms. The average Bonchev–Trinajstić information content (AvgIpc) is 3.21. The summed E-state index contributed by atoms with van der Waals surface area (Å²) in [4.78, 5) is 16.5. The Hall–Kier alpha value is -3.80. The molecule has 0 radical (unpaired) electrons. The van der Waals surface area contributed by atoms with Crippen LogP contribution in [0.5, 0.6) is 5.75 Å². The van der Waals surface area contributed by atoms with Gasteiger partial charge in [-0.25, -0.2) is 0 Å². The number of aromatic amines is 1. The molecule has 0 amide bonds. The molecule has 4 aromatic rings. The molecule has 1 aliphatic heterocycles. The van der Waals surface area contributed by atoms with Crippen LogP contribution in [0.2, 0.25) is 0 Å². The largest absolute Gasteiger partial charge is 0.497 e. The second-order valence-corrected chi connectivity index (χ2v) is 7.47. The Kier molecular flexibility index (Phi) is 4.39. The Balaban J connectivity index is 1.66. The van der Waals surface area contributed by atoms with Crippen molar-refractivity contribution in [2.45, 2.75) is 12.5 Å². The zero-order valence-electron chi connectivity index (χ0n) is 16.5. The monoisotopic (exact) mass is 399 g/mol. The lowest BCUT2D eigenvalue weighted by Crippen LogP contribution is -2.36. The predicted octanol–water partition coefficient (Wildman–Crippen LogP) is 5.24. The second kappa shape index (κ2) is 7.22. The zero-order chi connectivity index (χ0) is 20.7. The lowest BCUT2D eigenvalue weighted by atomic mass is 9.87. The maximum atomic E-state index is 11.2. The summed E-state index contributed by atoms with van der Waals surface area (Å²) in [5.41, 5.74) is 5.70. The molecule has 0 saturated carbocycles. The van der Waals surface area contributed by atoms with E-state index in [0.29, 0.717) is 0 Å². The number of anilines is 1. The van der Waals surface area contributed by atoms with Crippen LogP contribution >= 0.6 is 0 Å². The predicted molar refractivity (Wildman–Crippen MR) is 117 cm³/mol. The van der Waals surface area contributed by atoms with Gasteiger partial charge in [0.2, 0.25) is 0 Å². The number of hydrogen-bond acceptors (Lipinski definition) is 4. The van der Waals surface area contributed by atoms with Gasteiger partial charge in [-0.15, -0.1) is 0 Å². The molecule has 3 aromatic carbocycles. The average molecular weight is 399 g/mol. The highest BCUT2D eigenvalue weighted by atomic mass is 16.6. The smallest absolute Gasteiger partial charge is 0.271 e. The van der Waals surface area contributed by atoms with Crippen molar-refractivity contribution in [1.82, 2.24) is 4.98 Å². The van der Waals surface area contributed by atoms with Crippen molar-refractivity contribution in [1.29, 1.82) is 0 Å². The number of methoxy groups -OCH3 is 1. The van der Waals surface area contributed by atoms with E-state index in [0.717, 1.165) is 40.9 Å². The molecule has 30 heavy (non-hydrogen) atoms. The summed E-state index contributed by atoms with van der Waals surface area (Å²) in [5.74, 6) is 0.826. The Labute approximate surface area is 173 Å². The highest BCUT2D eigenvalue weighted by molar-refractivity contribution is 5.87. The molecule has 6 heteroatoms. The molecule has 1 N–H and O–H groups in total. The highest BCUT2D eigenvalue weighted by Gasteiger charge is 2.31. The number of nitro groups is 1. The SMILES string of the molecule is COc1ccc(N2CCc3ccccc3C2c2c[nH]c3cc([N+](=O)[O-])ccc23)cc1. The first kappa shape index (κ1) is 18.2. The van der Waals surface area contributed by atoms with Crippen LogP contribution < -0.4 is 9.64 Å². The van der Waals surface area contributed by atoms with E-state index in [1.54, 1.807) is 19.2 Å². The molecule has 0 spiro atoms. The van der Waals surface area contributed by atoms with Crippen molar-refractivity contribution < 1.29 is 9.66 Å². The number of aromatic nitrogens is 1. The molecule has 0 aliphatic carbocycles. The number of fused-ring (bicyclic) bond motifs is 2. The first-order chi connectivity index (χ1) is 14.7. The molecule has 1 unspecified atom stereocenters. The number of rotatable bonds is 4. The Morgan fingerprint density at radius 1 is 1.07 bits per heavy atom. The quantitative estimate of drug-likeness (QED) is 0.376. The van der Waals surface area contributed by atoms with E-state index >= 15 is 0 Å². The summed E-state index contributed by atoms with van der Waals surface area (Å²) >= 11 is 0. The lowest BCUT2D eigenvalue weighted by molar-refractivity contribution is -0.384. The summed E-state index contributed by atoms with van der Waals surface area (Å²) in [6.45, 7) is 0.883. The molecule has 1 aliphatic rings. The number of ether oxygens (including phenoxy) is 1. The van der Waals surface area contributed by atoms with Crippen LogP contribution in [0.15, 0.2) is 72.9 Å². The van der Waals surface area contributed by atoms with Gasteiger partial charge in [0.15, 0.2) is 0 Å². The second-order valence-electron chi connectivity index (χ2n) is 7.47. The van der Waals surface area contributed by atoms with Gasteiger partial charge in [0.05, 0.1) is 23.6 Å². The van der Waals surface area contributed by atoms with Gasteiger partial charge in [-0.3, -0.25) is 10.1 Å². The van der Waals surface area contributed by atoms with E-state index in [1.807, 2.05) is 24.4 Å². The minimum Gasteiger partial charge on any atom is -0.497 e. The van der Waals surface area contributed by atoms with Crippen LogP contribution in [0.3, 0.4) is 0 Å². The number of hydrogen-bond donors (Lipinski definition) is 1. The van der Waals surface area contributed by atoms with E-state index in [-0.39, 0.29) is 16.7 Å². The minimum atomic E-state index is -0.362. The molecule has 2 heterocycles. The summed E-state index contributed by atoms with van der Waals surface area (Å²) in [6.07, 6.45) is 2.95. The topological polar surface area (TPSA) is 71.4 Å². The van der Waals surface area contributed by atoms with Crippen molar-refractivity contribution in [2.75, 3.05) is 18.6 Å². The van der Waals surface area contributed by atoms with Gasteiger partial charge < -0.3 is 14.6 Å². The van der Waals surface area contributed by atoms with Crippen LogP contribution in [-0.2, 0) is 6.42 Å². The number of H-pyrrole nitrogens is 1. The van der Waals surface area contributed by atoms with Crippen molar-refractivity contribution >= 4 is 22.3 Å². The van der Waals surface area contributed by atoms with Crippen LogP contribution in [0.1, 0.15) is 22.7 Å². The normalized spacial score (nSPS) is 15.8. The molecular formula is C24H21N3O3. The molecular weight excluding hydrogens is 378 g/mol. The molecule has 1 aromatic heterocycles. The molecule has 0 fully saturated rings. The van der Waals surface area contributed by atoms with Crippen molar-refractivity contribution in [2.24, 2.45) is 0 Å². The highest BCUT2D eigenvalue weighted by Crippen LogP contribution is 2.41. The first-order valence-electron chi connectivity index (χ1n) is 9.89. The van der Waals surface area contributed by atoms with Crippen LogP contribution in [0.4, 0.5) is 11.4 Å². The van der Waals surface area contributed by atoms with Crippen molar-refractivity contribution in [3.63, 3.8) is 0 Å².